The lowest BCUT2D eigenvalue weighted by Gasteiger charge is -2.21. The summed E-state index contributed by atoms with van der Waals surface area (Å²) in [7, 11) is 0. The fourth-order valence-corrected chi connectivity index (χ4v) is 4.06. The van der Waals surface area contributed by atoms with E-state index in [4.69, 9.17) is 0 Å². The third kappa shape index (κ3) is 2.61. The van der Waals surface area contributed by atoms with Gasteiger partial charge >= 0.3 is 0 Å². The summed E-state index contributed by atoms with van der Waals surface area (Å²) in [6.07, 6.45) is 4.33. The van der Waals surface area contributed by atoms with Crippen molar-refractivity contribution in [1.29, 1.82) is 0 Å². The Labute approximate surface area is 109 Å². The predicted octanol–water partition coefficient (Wildman–Crippen LogP) is 2.78. The van der Waals surface area contributed by atoms with Crippen LogP contribution in [0.4, 0.5) is 0 Å². The molecule has 17 heavy (non-hydrogen) atoms. The summed E-state index contributed by atoms with van der Waals surface area (Å²) in [4.78, 5) is 9.78. The number of thioether (sulfide) groups is 1. The smallest absolute Gasteiger partial charge is 0.127 e. The number of piperidine rings is 1. The van der Waals surface area contributed by atoms with Crippen LogP contribution in [0.1, 0.15) is 12.8 Å². The zero-order valence-corrected chi connectivity index (χ0v) is 11.2. The maximum Gasteiger partial charge on any atom is 0.127 e. The fourth-order valence-electron chi connectivity index (χ4n) is 2.15. The first-order valence-electron chi connectivity index (χ1n) is 5.95. The molecule has 1 saturated heterocycles. The maximum atomic E-state index is 4.40. The van der Waals surface area contributed by atoms with E-state index in [1.807, 2.05) is 11.8 Å². The maximum absolute atomic E-state index is 4.40. The average molecular weight is 265 g/mol. The van der Waals surface area contributed by atoms with Gasteiger partial charge in [-0.2, -0.15) is 0 Å². The Morgan fingerprint density at radius 1 is 1.47 bits per heavy atom. The van der Waals surface area contributed by atoms with E-state index in [-0.39, 0.29) is 0 Å². The minimum absolute atomic E-state index is 0.789. The molecule has 90 valence electrons. The molecule has 3 rings (SSSR count). The van der Waals surface area contributed by atoms with Gasteiger partial charge in [-0.05, 0) is 43.3 Å². The molecule has 1 unspecified atom stereocenters. The highest BCUT2D eigenvalue weighted by molar-refractivity contribution is 7.99. The third-order valence-corrected chi connectivity index (χ3v) is 5.14. The van der Waals surface area contributed by atoms with Gasteiger partial charge in [-0.25, -0.2) is 9.97 Å². The zero-order chi connectivity index (χ0) is 11.5. The molecule has 1 fully saturated rings. The summed E-state index contributed by atoms with van der Waals surface area (Å²) in [5, 5.41) is 7.90. The predicted molar refractivity (Wildman–Crippen MR) is 73.7 cm³/mol. The molecule has 0 aromatic carbocycles. The average Bonchev–Trinajstić information content (AvgIpc) is 2.86. The Hall–Kier alpha value is -0.650. The van der Waals surface area contributed by atoms with Gasteiger partial charge in [-0.1, -0.05) is 0 Å². The van der Waals surface area contributed by atoms with E-state index >= 15 is 0 Å². The number of nitrogens with zero attached hydrogens (tertiary/aromatic N) is 2. The quantitative estimate of drug-likeness (QED) is 0.684. The van der Waals surface area contributed by atoms with Crippen LogP contribution in [0.15, 0.2) is 22.8 Å². The summed E-state index contributed by atoms with van der Waals surface area (Å²) < 4.78 is 0. The van der Waals surface area contributed by atoms with Crippen LogP contribution in [0, 0.1) is 5.92 Å². The summed E-state index contributed by atoms with van der Waals surface area (Å²) in [5.74, 6) is 1.95. The van der Waals surface area contributed by atoms with Crippen LogP contribution in [-0.4, -0.2) is 28.8 Å². The Bertz CT molecular complexity index is 491. The molecule has 3 heterocycles. The van der Waals surface area contributed by atoms with E-state index in [0.717, 1.165) is 28.1 Å². The minimum Gasteiger partial charge on any atom is -0.316 e. The monoisotopic (exact) mass is 265 g/mol. The van der Waals surface area contributed by atoms with Crippen molar-refractivity contribution in [3.8, 4) is 0 Å². The second-order valence-electron chi connectivity index (χ2n) is 4.34. The van der Waals surface area contributed by atoms with Gasteiger partial charge < -0.3 is 5.32 Å². The van der Waals surface area contributed by atoms with Gasteiger partial charge in [-0.15, -0.1) is 23.1 Å². The first-order valence-corrected chi connectivity index (χ1v) is 7.82. The fraction of sp³-hybridized carbons (Fsp3) is 0.500. The minimum atomic E-state index is 0.789. The van der Waals surface area contributed by atoms with E-state index in [1.165, 1.54) is 24.8 Å². The SMILES string of the molecule is c1nc(SCC2CCCNC2)c2ccsc2n1. The second-order valence-corrected chi connectivity index (χ2v) is 6.24. The van der Waals surface area contributed by atoms with Gasteiger partial charge in [0, 0.05) is 11.1 Å². The van der Waals surface area contributed by atoms with Crippen molar-refractivity contribution in [1.82, 2.24) is 15.3 Å². The summed E-state index contributed by atoms with van der Waals surface area (Å²) >= 11 is 3.56. The molecular weight excluding hydrogens is 250 g/mol. The zero-order valence-electron chi connectivity index (χ0n) is 9.56. The summed E-state index contributed by atoms with van der Waals surface area (Å²) in [6.45, 7) is 2.34. The van der Waals surface area contributed by atoms with Crippen LogP contribution in [0.3, 0.4) is 0 Å². The molecule has 1 aliphatic heterocycles. The van der Waals surface area contributed by atoms with E-state index in [0.29, 0.717) is 0 Å². The van der Waals surface area contributed by atoms with Crippen LogP contribution in [0.2, 0.25) is 0 Å². The van der Waals surface area contributed by atoms with E-state index < -0.39 is 0 Å². The second kappa shape index (κ2) is 5.33. The third-order valence-electron chi connectivity index (χ3n) is 3.08. The molecule has 0 aliphatic carbocycles. The van der Waals surface area contributed by atoms with Gasteiger partial charge in [0.15, 0.2) is 0 Å². The largest absolute Gasteiger partial charge is 0.316 e. The van der Waals surface area contributed by atoms with Crippen molar-refractivity contribution in [2.45, 2.75) is 17.9 Å². The van der Waals surface area contributed by atoms with E-state index in [1.54, 1.807) is 17.7 Å². The highest BCUT2D eigenvalue weighted by Gasteiger charge is 2.14. The molecule has 1 aliphatic rings. The van der Waals surface area contributed by atoms with Gasteiger partial charge in [0.05, 0.1) is 0 Å². The van der Waals surface area contributed by atoms with Crippen LogP contribution in [0.5, 0.6) is 0 Å². The normalized spacial score (nSPS) is 20.8. The Kier molecular flexibility index (Phi) is 3.59. The molecule has 2 aromatic heterocycles. The Balaban J connectivity index is 1.69. The summed E-state index contributed by atoms with van der Waals surface area (Å²) in [6, 6.07) is 2.13. The molecule has 0 radical (unpaired) electrons. The van der Waals surface area contributed by atoms with Crippen LogP contribution >= 0.6 is 23.1 Å². The van der Waals surface area contributed by atoms with Crippen molar-refractivity contribution in [3.63, 3.8) is 0 Å². The lowest BCUT2D eigenvalue weighted by Crippen LogP contribution is -2.30. The number of hydrogen-bond donors (Lipinski definition) is 1. The lowest BCUT2D eigenvalue weighted by molar-refractivity contribution is 0.410. The highest BCUT2D eigenvalue weighted by atomic mass is 32.2. The van der Waals surface area contributed by atoms with Crippen molar-refractivity contribution < 1.29 is 0 Å². The van der Waals surface area contributed by atoms with Gasteiger partial charge in [0.1, 0.15) is 16.2 Å². The molecule has 3 nitrogen and oxygen atoms in total. The van der Waals surface area contributed by atoms with Crippen LogP contribution in [-0.2, 0) is 0 Å². The molecule has 0 saturated carbocycles. The molecule has 1 atom stereocenters. The van der Waals surface area contributed by atoms with Crippen molar-refractivity contribution in [2.24, 2.45) is 5.92 Å². The number of thiophene rings is 1. The molecule has 0 amide bonds. The van der Waals surface area contributed by atoms with Gasteiger partial charge in [-0.3, -0.25) is 0 Å². The molecular formula is C12H15N3S2. The van der Waals surface area contributed by atoms with Crippen molar-refractivity contribution >= 4 is 33.3 Å². The molecule has 5 heteroatoms. The number of hydrogen-bond acceptors (Lipinski definition) is 5. The van der Waals surface area contributed by atoms with E-state index in [2.05, 4.69) is 26.7 Å². The highest BCUT2D eigenvalue weighted by Crippen LogP contribution is 2.29. The van der Waals surface area contributed by atoms with Crippen LogP contribution in [0.25, 0.3) is 10.2 Å². The van der Waals surface area contributed by atoms with Crippen LogP contribution < -0.4 is 5.32 Å². The van der Waals surface area contributed by atoms with E-state index in [9.17, 15) is 0 Å². The number of nitrogens with one attached hydrogen (secondary N) is 1. The lowest BCUT2D eigenvalue weighted by atomic mass is 10.0. The standard InChI is InChI=1S/C12H15N3S2/c1-2-9(6-13-4-1)7-17-12-10-3-5-16-11(10)14-8-15-12/h3,5,8-9,13H,1-2,4,6-7H2. The molecule has 2 aromatic rings. The first kappa shape index (κ1) is 11.4. The Morgan fingerprint density at radius 3 is 3.35 bits per heavy atom. The van der Waals surface area contributed by atoms with Gasteiger partial charge in [0.2, 0.25) is 0 Å². The molecule has 0 bridgehead atoms. The first-order chi connectivity index (χ1) is 8.43. The summed E-state index contributed by atoms with van der Waals surface area (Å²) in [5.41, 5.74) is 0. The number of rotatable bonds is 3. The topological polar surface area (TPSA) is 37.8 Å². The number of fused-ring (bicyclic) bond motifs is 1. The molecule has 0 spiro atoms. The number of aromatic nitrogens is 2. The van der Waals surface area contributed by atoms with Crippen molar-refractivity contribution in [3.05, 3.63) is 17.8 Å². The molecule has 1 N–H and O–H groups in total. The Morgan fingerprint density at radius 2 is 2.47 bits per heavy atom. The van der Waals surface area contributed by atoms with Gasteiger partial charge in [0.25, 0.3) is 0 Å². The van der Waals surface area contributed by atoms with Crippen molar-refractivity contribution in [2.75, 3.05) is 18.8 Å².